The van der Waals surface area contributed by atoms with Crippen LogP contribution in [0.2, 0.25) is 5.02 Å². The number of rotatable bonds is 8. The number of para-hydroxylation sites is 1. The molecule has 0 bridgehead atoms. The normalized spacial score (nSPS) is 15.0. The molecule has 9 heteroatoms. The van der Waals surface area contributed by atoms with Crippen LogP contribution in [0.1, 0.15) is 15.9 Å². The van der Waals surface area contributed by atoms with Gasteiger partial charge in [-0.05, 0) is 24.3 Å². The average Bonchev–Trinajstić information content (AvgIpc) is 2.77. The molecule has 0 radical (unpaired) electrons. The van der Waals surface area contributed by atoms with Gasteiger partial charge in [-0.2, -0.15) is 4.31 Å². The highest BCUT2D eigenvalue weighted by Crippen LogP contribution is 2.21. The Morgan fingerprint density at radius 2 is 1.90 bits per heavy atom. The summed E-state index contributed by atoms with van der Waals surface area (Å²) in [6, 6.07) is 14.0. The quantitative estimate of drug-likeness (QED) is 0.665. The first-order chi connectivity index (χ1) is 14.4. The Kier molecular flexibility index (Phi) is 7.71. The largest absolute Gasteiger partial charge is 0.496 e. The number of hydrogen-bond acceptors (Lipinski definition) is 5. The van der Waals surface area contributed by atoms with E-state index in [4.69, 9.17) is 16.3 Å². The minimum absolute atomic E-state index is 0.0651. The number of halogens is 1. The van der Waals surface area contributed by atoms with Crippen LogP contribution >= 0.6 is 11.6 Å². The van der Waals surface area contributed by atoms with Crippen LogP contribution in [-0.4, -0.2) is 69.1 Å². The van der Waals surface area contributed by atoms with Crippen LogP contribution in [-0.2, 0) is 16.6 Å². The first-order valence-corrected chi connectivity index (χ1v) is 11.7. The summed E-state index contributed by atoms with van der Waals surface area (Å²) in [6.07, 6.45) is 0. The summed E-state index contributed by atoms with van der Waals surface area (Å²) in [7, 11) is -1.90. The van der Waals surface area contributed by atoms with Gasteiger partial charge >= 0.3 is 0 Å². The van der Waals surface area contributed by atoms with Crippen LogP contribution in [0, 0.1) is 0 Å². The summed E-state index contributed by atoms with van der Waals surface area (Å²) in [5.41, 5.74) is 1.21. The lowest BCUT2D eigenvalue weighted by Gasteiger charge is -2.29. The molecule has 2 aromatic carbocycles. The van der Waals surface area contributed by atoms with E-state index in [1.54, 1.807) is 31.4 Å². The van der Waals surface area contributed by atoms with E-state index in [-0.39, 0.29) is 24.7 Å². The number of nitrogens with zero attached hydrogens (tertiary/aromatic N) is 2. The van der Waals surface area contributed by atoms with Crippen LogP contribution in [0.3, 0.4) is 0 Å². The van der Waals surface area contributed by atoms with Crippen molar-refractivity contribution in [3.8, 4) is 5.75 Å². The van der Waals surface area contributed by atoms with Crippen molar-refractivity contribution in [3.05, 3.63) is 64.7 Å². The predicted octanol–water partition coefficient (Wildman–Crippen LogP) is 2.23. The topological polar surface area (TPSA) is 79.0 Å². The molecule has 162 valence electrons. The number of benzene rings is 2. The van der Waals surface area contributed by atoms with E-state index in [0.717, 1.165) is 5.56 Å². The van der Waals surface area contributed by atoms with Crippen LogP contribution < -0.4 is 10.1 Å². The first kappa shape index (κ1) is 22.6. The van der Waals surface area contributed by atoms with Crippen LogP contribution in [0.15, 0.2) is 48.5 Å². The summed E-state index contributed by atoms with van der Waals surface area (Å²) >= 11 is 6.05. The Morgan fingerprint density at radius 1 is 1.17 bits per heavy atom. The highest BCUT2D eigenvalue weighted by atomic mass is 35.5. The predicted molar refractivity (Wildman–Crippen MR) is 117 cm³/mol. The number of amides is 1. The second-order valence-electron chi connectivity index (χ2n) is 7.01. The first-order valence-electron chi connectivity index (χ1n) is 9.76. The van der Waals surface area contributed by atoms with Gasteiger partial charge in [0.15, 0.2) is 0 Å². The molecule has 1 aliphatic rings. The lowest BCUT2D eigenvalue weighted by molar-refractivity contribution is 0.0752. The summed E-state index contributed by atoms with van der Waals surface area (Å²) in [5, 5.41) is 3.60. The van der Waals surface area contributed by atoms with E-state index in [9.17, 15) is 13.2 Å². The molecule has 1 aliphatic heterocycles. The van der Waals surface area contributed by atoms with Crippen LogP contribution in [0.5, 0.6) is 5.75 Å². The molecule has 0 spiro atoms. The molecule has 0 aliphatic carbocycles. The molecule has 2 aromatic rings. The van der Waals surface area contributed by atoms with Gasteiger partial charge < -0.3 is 15.0 Å². The van der Waals surface area contributed by atoms with Crippen molar-refractivity contribution in [2.75, 3.05) is 45.6 Å². The molecule has 0 atom stereocenters. The third-order valence-corrected chi connectivity index (χ3v) is 7.09. The zero-order chi connectivity index (χ0) is 21.6. The van der Waals surface area contributed by atoms with E-state index in [0.29, 0.717) is 42.5 Å². The molecule has 0 aromatic heterocycles. The van der Waals surface area contributed by atoms with Gasteiger partial charge in [0.1, 0.15) is 5.75 Å². The lowest BCUT2D eigenvalue weighted by atomic mass is 10.1. The Balaban J connectivity index is 1.82. The van der Waals surface area contributed by atoms with Crippen molar-refractivity contribution in [2.24, 2.45) is 0 Å². The standard InChI is InChI=1S/C21H26ClN3O4S/c1-29-20-8-3-2-5-18(20)16-24(21(26)17-6-4-7-19(22)15-17)13-14-30(27,28)25-11-9-23-10-12-25/h2-8,15,23H,9-14,16H2,1H3. The van der Waals surface area contributed by atoms with Crippen molar-refractivity contribution in [2.45, 2.75) is 6.54 Å². The molecule has 0 unspecified atom stereocenters. The number of ether oxygens (including phenoxy) is 1. The number of methoxy groups -OCH3 is 1. The number of piperazine rings is 1. The van der Waals surface area contributed by atoms with Crippen molar-refractivity contribution in [3.63, 3.8) is 0 Å². The third-order valence-electron chi connectivity index (χ3n) is 5.00. The van der Waals surface area contributed by atoms with Gasteiger partial charge in [0.25, 0.3) is 5.91 Å². The van der Waals surface area contributed by atoms with E-state index >= 15 is 0 Å². The third kappa shape index (κ3) is 5.72. The van der Waals surface area contributed by atoms with E-state index in [1.807, 2.05) is 24.3 Å². The SMILES string of the molecule is COc1ccccc1CN(CCS(=O)(=O)N1CCNCC1)C(=O)c1cccc(Cl)c1. The summed E-state index contributed by atoms with van der Waals surface area (Å²) in [5.74, 6) is 0.222. The number of nitrogens with one attached hydrogen (secondary N) is 1. The van der Waals surface area contributed by atoms with Crippen molar-refractivity contribution in [1.29, 1.82) is 0 Å². The molecule has 1 amide bonds. The number of hydrogen-bond donors (Lipinski definition) is 1. The van der Waals surface area contributed by atoms with Gasteiger partial charge in [0.2, 0.25) is 10.0 Å². The van der Waals surface area contributed by atoms with E-state index in [2.05, 4.69) is 5.32 Å². The zero-order valence-electron chi connectivity index (χ0n) is 16.9. The van der Waals surface area contributed by atoms with Crippen molar-refractivity contribution < 1.29 is 17.9 Å². The van der Waals surface area contributed by atoms with Crippen LogP contribution in [0.25, 0.3) is 0 Å². The smallest absolute Gasteiger partial charge is 0.254 e. The van der Waals surface area contributed by atoms with Gasteiger partial charge in [-0.3, -0.25) is 4.79 Å². The average molecular weight is 452 g/mol. The number of sulfonamides is 1. The summed E-state index contributed by atoms with van der Waals surface area (Å²) < 4.78 is 32.5. The van der Waals surface area contributed by atoms with Gasteiger partial charge in [-0.1, -0.05) is 35.9 Å². The molecular formula is C21H26ClN3O4S. The molecule has 3 rings (SSSR count). The maximum atomic E-state index is 13.2. The zero-order valence-corrected chi connectivity index (χ0v) is 18.5. The molecular weight excluding hydrogens is 426 g/mol. The second kappa shape index (κ2) is 10.3. The molecule has 1 N–H and O–H groups in total. The maximum Gasteiger partial charge on any atom is 0.254 e. The summed E-state index contributed by atoms with van der Waals surface area (Å²) in [4.78, 5) is 14.7. The van der Waals surface area contributed by atoms with Gasteiger partial charge in [-0.15, -0.1) is 0 Å². The van der Waals surface area contributed by atoms with Gasteiger partial charge in [-0.25, -0.2) is 8.42 Å². The fourth-order valence-corrected chi connectivity index (χ4v) is 5.01. The van der Waals surface area contributed by atoms with Gasteiger partial charge in [0, 0.05) is 55.4 Å². The second-order valence-corrected chi connectivity index (χ2v) is 9.54. The molecule has 0 saturated carbocycles. The Hall–Kier alpha value is -2.13. The molecule has 30 heavy (non-hydrogen) atoms. The van der Waals surface area contributed by atoms with Crippen LogP contribution in [0.4, 0.5) is 0 Å². The molecule has 1 saturated heterocycles. The number of carbonyl (C=O) groups excluding carboxylic acids is 1. The Bertz CT molecular complexity index is 978. The fraction of sp³-hybridized carbons (Fsp3) is 0.381. The molecule has 1 fully saturated rings. The summed E-state index contributed by atoms with van der Waals surface area (Å²) in [6.45, 7) is 2.44. The minimum Gasteiger partial charge on any atom is -0.496 e. The van der Waals surface area contributed by atoms with Gasteiger partial charge in [0.05, 0.1) is 12.9 Å². The minimum atomic E-state index is -3.47. The lowest BCUT2D eigenvalue weighted by Crippen LogP contribution is -2.48. The highest BCUT2D eigenvalue weighted by molar-refractivity contribution is 7.89. The van der Waals surface area contributed by atoms with E-state index in [1.165, 1.54) is 9.21 Å². The van der Waals surface area contributed by atoms with Crippen molar-refractivity contribution >= 4 is 27.5 Å². The number of carbonyl (C=O) groups is 1. The van der Waals surface area contributed by atoms with Crippen molar-refractivity contribution in [1.82, 2.24) is 14.5 Å². The molecule has 7 nitrogen and oxygen atoms in total. The monoisotopic (exact) mass is 451 g/mol. The molecule has 1 heterocycles. The van der Waals surface area contributed by atoms with E-state index < -0.39 is 10.0 Å². The highest BCUT2D eigenvalue weighted by Gasteiger charge is 2.26. The Morgan fingerprint density at radius 3 is 2.60 bits per heavy atom. The Labute approximate surface area is 182 Å². The maximum absolute atomic E-state index is 13.2. The fourth-order valence-electron chi connectivity index (χ4n) is 3.37.